The van der Waals surface area contributed by atoms with Crippen LogP contribution in [0.1, 0.15) is 25.7 Å². The van der Waals surface area contributed by atoms with Gasteiger partial charge < -0.3 is 9.47 Å². The summed E-state index contributed by atoms with van der Waals surface area (Å²) in [5, 5.41) is -5.19. The van der Waals surface area contributed by atoms with E-state index in [1.54, 1.807) is 0 Å². The number of carbonyl (C=O) groups is 3. The van der Waals surface area contributed by atoms with Crippen LogP contribution in [-0.4, -0.2) is 48.7 Å². The van der Waals surface area contributed by atoms with Gasteiger partial charge in [0.25, 0.3) is 0 Å². The molecule has 0 radical (unpaired) electrons. The molecule has 0 spiro atoms. The zero-order chi connectivity index (χ0) is 16.3. The summed E-state index contributed by atoms with van der Waals surface area (Å²) in [7, 11) is -6.00. The van der Waals surface area contributed by atoms with Gasteiger partial charge >= 0.3 is 27.3 Å². The number of ketones is 1. The molecular formula is C10H12F2O8S. The largest absolute Gasteiger partial charge is 0.465 e. The van der Waals surface area contributed by atoms with E-state index < -0.39 is 40.0 Å². The Balaban J connectivity index is 2.50. The Morgan fingerprint density at radius 2 is 1.95 bits per heavy atom. The second kappa shape index (κ2) is 6.43. The summed E-state index contributed by atoms with van der Waals surface area (Å²) in [4.78, 5) is 33.4. The molecule has 8 nitrogen and oxygen atoms in total. The highest BCUT2D eigenvalue weighted by Crippen LogP contribution is 2.22. The van der Waals surface area contributed by atoms with Crippen LogP contribution in [0.5, 0.6) is 0 Å². The van der Waals surface area contributed by atoms with E-state index in [0.717, 1.165) is 0 Å². The van der Waals surface area contributed by atoms with E-state index in [9.17, 15) is 31.6 Å². The number of Topliss-reactive ketones (excluding diaryl/α,β-unsaturated/α-hetero) is 1. The molecule has 1 aliphatic carbocycles. The summed E-state index contributed by atoms with van der Waals surface area (Å²) in [6, 6.07) is 0. The first-order valence-electron chi connectivity index (χ1n) is 5.80. The van der Waals surface area contributed by atoms with Gasteiger partial charge in [-0.3, -0.25) is 9.35 Å². The number of esters is 2. The van der Waals surface area contributed by atoms with Crippen LogP contribution in [0, 0.1) is 0 Å². The average Bonchev–Trinajstić information content (AvgIpc) is 2.37. The smallest absolute Gasteiger partial charge is 0.452 e. The molecule has 0 heterocycles. The van der Waals surface area contributed by atoms with Crippen LogP contribution in [0.25, 0.3) is 0 Å². The van der Waals surface area contributed by atoms with E-state index >= 15 is 0 Å². The summed E-state index contributed by atoms with van der Waals surface area (Å²) >= 11 is 0. The number of carbonyl (C=O) groups excluding carboxylic acids is 3. The predicted molar refractivity (Wildman–Crippen MR) is 60.8 cm³/mol. The van der Waals surface area contributed by atoms with E-state index in [1.807, 2.05) is 0 Å². The zero-order valence-electron chi connectivity index (χ0n) is 10.6. The lowest BCUT2D eigenvalue weighted by atomic mass is 9.96. The van der Waals surface area contributed by atoms with Gasteiger partial charge in [-0.15, -0.1) is 0 Å². The van der Waals surface area contributed by atoms with Crippen molar-refractivity contribution in [1.29, 1.82) is 0 Å². The summed E-state index contributed by atoms with van der Waals surface area (Å²) in [6.07, 6.45) is 0.775. The first-order chi connectivity index (χ1) is 9.55. The van der Waals surface area contributed by atoms with Crippen molar-refractivity contribution in [2.45, 2.75) is 37.0 Å². The topological polar surface area (TPSA) is 124 Å². The van der Waals surface area contributed by atoms with Crippen LogP contribution in [0.4, 0.5) is 8.78 Å². The van der Waals surface area contributed by atoms with Crippen LogP contribution < -0.4 is 0 Å². The fraction of sp³-hybridized carbons (Fsp3) is 0.700. The minimum Gasteiger partial charge on any atom is -0.452 e. The van der Waals surface area contributed by atoms with Crippen molar-refractivity contribution in [3.8, 4) is 0 Å². The van der Waals surface area contributed by atoms with Gasteiger partial charge in [0.15, 0.2) is 18.5 Å². The second-order valence-corrected chi connectivity index (χ2v) is 5.72. The molecule has 1 saturated carbocycles. The van der Waals surface area contributed by atoms with Gasteiger partial charge in [-0.2, -0.15) is 17.2 Å². The van der Waals surface area contributed by atoms with Crippen molar-refractivity contribution in [3.63, 3.8) is 0 Å². The molecule has 21 heavy (non-hydrogen) atoms. The monoisotopic (exact) mass is 330 g/mol. The van der Waals surface area contributed by atoms with E-state index in [0.29, 0.717) is 12.8 Å². The first kappa shape index (κ1) is 17.4. The standard InChI is InChI=1S/C10H12F2O8S/c11-10(12,21(16,17)18)9(15)19-5-8(14)20-7-4-2-1-3-6(7)13/h7H,1-5H2,(H,16,17,18). The van der Waals surface area contributed by atoms with E-state index in [-0.39, 0.29) is 18.6 Å². The molecule has 1 N–H and O–H groups in total. The Hall–Kier alpha value is -1.62. The highest BCUT2D eigenvalue weighted by Gasteiger charge is 2.54. The second-order valence-electron chi connectivity index (χ2n) is 4.26. The summed E-state index contributed by atoms with van der Waals surface area (Å²) < 4.78 is 62.6. The predicted octanol–water partition coefficient (Wildman–Crippen LogP) is 0.0651. The van der Waals surface area contributed by atoms with Gasteiger partial charge in [0.1, 0.15) is 0 Å². The summed E-state index contributed by atoms with van der Waals surface area (Å²) in [5.74, 6) is -4.21. The number of hydrogen-bond donors (Lipinski definition) is 1. The minimum absolute atomic E-state index is 0.221. The van der Waals surface area contributed by atoms with Gasteiger partial charge in [-0.05, 0) is 19.3 Å². The molecule has 0 saturated heterocycles. The van der Waals surface area contributed by atoms with Crippen LogP contribution in [0.15, 0.2) is 0 Å². The van der Waals surface area contributed by atoms with Gasteiger partial charge in [0.2, 0.25) is 0 Å². The number of halogens is 2. The van der Waals surface area contributed by atoms with Crippen LogP contribution in [-0.2, 0) is 34.0 Å². The molecule has 120 valence electrons. The molecule has 0 aromatic heterocycles. The van der Waals surface area contributed by atoms with Crippen LogP contribution in [0.3, 0.4) is 0 Å². The van der Waals surface area contributed by atoms with E-state index in [4.69, 9.17) is 4.55 Å². The van der Waals surface area contributed by atoms with Crippen molar-refractivity contribution < 1.29 is 45.6 Å². The lowest BCUT2D eigenvalue weighted by Crippen LogP contribution is -2.40. The number of hydrogen-bond acceptors (Lipinski definition) is 7. The number of alkyl halides is 2. The average molecular weight is 330 g/mol. The Kier molecular flexibility index (Phi) is 5.34. The van der Waals surface area contributed by atoms with Crippen LogP contribution >= 0.6 is 0 Å². The van der Waals surface area contributed by atoms with Gasteiger partial charge in [-0.1, -0.05) is 0 Å². The lowest BCUT2D eigenvalue weighted by molar-refractivity contribution is -0.173. The number of ether oxygens (including phenoxy) is 2. The molecule has 0 bridgehead atoms. The molecule has 1 aliphatic rings. The minimum atomic E-state index is -6.00. The fourth-order valence-electron chi connectivity index (χ4n) is 1.58. The third-order valence-electron chi connectivity index (χ3n) is 2.66. The molecule has 0 aromatic carbocycles. The van der Waals surface area contributed by atoms with E-state index in [2.05, 4.69) is 9.47 Å². The third-order valence-corrected chi connectivity index (χ3v) is 3.47. The van der Waals surface area contributed by atoms with E-state index in [1.165, 1.54) is 0 Å². The Morgan fingerprint density at radius 3 is 2.48 bits per heavy atom. The van der Waals surface area contributed by atoms with Crippen molar-refractivity contribution in [3.05, 3.63) is 0 Å². The highest BCUT2D eigenvalue weighted by atomic mass is 32.2. The Bertz CT molecular complexity index is 541. The summed E-state index contributed by atoms with van der Waals surface area (Å²) in [6.45, 7) is -1.30. The maximum absolute atomic E-state index is 12.8. The Labute approximate surface area is 118 Å². The SMILES string of the molecule is O=C(COC(=O)C(F)(F)S(=O)(=O)O)OC1CCCCC1=O. The summed E-state index contributed by atoms with van der Waals surface area (Å²) in [5.41, 5.74) is 0. The molecule has 1 atom stereocenters. The highest BCUT2D eigenvalue weighted by molar-refractivity contribution is 7.87. The van der Waals surface area contributed by atoms with Crippen molar-refractivity contribution in [2.75, 3.05) is 6.61 Å². The zero-order valence-corrected chi connectivity index (χ0v) is 11.4. The molecule has 1 unspecified atom stereocenters. The lowest BCUT2D eigenvalue weighted by Gasteiger charge is -2.20. The van der Waals surface area contributed by atoms with Crippen molar-refractivity contribution in [1.82, 2.24) is 0 Å². The number of rotatable bonds is 5. The molecule has 11 heteroatoms. The molecule has 0 amide bonds. The fourth-order valence-corrected chi connectivity index (χ4v) is 1.85. The van der Waals surface area contributed by atoms with Crippen molar-refractivity contribution >= 4 is 27.8 Å². The Morgan fingerprint density at radius 1 is 1.33 bits per heavy atom. The van der Waals surface area contributed by atoms with Gasteiger partial charge in [-0.25, -0.2) is 9.59 Å². The molecular weight excluding hydrogens is 318 g/mol. The van der Waals surface area contributed by atoms with Gasteiger partial charge in [0, 0.05) is 6.42 Å². The third kappa shape index (κ3) is 4.43. The molecule has 0 aliphatic heterocycles. The van der Waals surface area contributed by atoms with Crippen molar-refractivity contribution in [2.24, 2.45) is 0 Å². The molecule has 0 aromatic rings. The first-order valence-corrected chi connectivity index (χ1v) is 7.24. The maximum atomic E-state index is 12.8. The normalized spacial score (nSPS) is 20.0. The maximum Gasteiger partial charge on any atom is 0.465 e. The van der Waals surface area contributed by atoms with Gasteiger partial charge in [0.05, 0.1) is 0 Å². The molecule has 1 rings (SSSR count). The van der Waals surface area contributed by atoms with Crippen LogP contribution in [0.2, 0.25) is 0 Å². The quantitative estimate of drug-likeness (QED) is 0.554. The molecule has 1 fully saturated rings.